The van der Waals surface area contributed by atoms with Gasteiger partial charge in [0.1, 0.15) is 12.2 Å². The lowest BCUT2D eigenvalue weighted by molar-refractivity contribution is -0.137. The van der Waals surface area contributed by atoms with Gasteiger partial charge in [0, 0.05) is 58.5 Å². The molecular formula is C35H38ClNO8. The molecule has 1 N–H and O–H groups in total. The number of carbonyl (C=O) groups excluding carboxylic acids is 3. The number of hydrogen-bond acceptors (Lipinski definition) is 8. The van der Waals surface area contributed by atoms with Crippen molar-refractivity contribution in [3.63, 3.8) is 0 Å². The summed E-state index contributed by atoms with van der Waals surface area (Å²) in [6.07, 6.45) is 0.611. The Morgan fingerprint density at radius 3 is 2.42 bits per heavy atom. The lowest BCUT2D eigenvalue weighted by atomic mass is 9.92. The molecule has 0 aromatic heterocycles. The van der Waals surface area contributed by atoms with E-state index in [4.69, 9.17) is 30.5 Å². The average molecular weight is 636 g/mol. The smallest absolute Gasteiger partial charge is 0.330 e. The summed E-state index contributed by atoms with van der Waals surface area (Å²) in [5.74, 6) is -0.298. The Morgan fingerprint density at radius 1 is 1.04 bits per heavy atom. The van der Waals surface area contributed by atoms with Crippen LogP contribution in [0.1, 0.15) is 60.3 Å². The molecule has 10 heteroatoms. The number of hydrogen-bond donors (Lipinski definition) is 1. The lowest BCUT2D eigenvalue weighted by Crippen LogP contribution is -2.45. The van der Waals surface area contributed by atoms with Crippen molar-refractivity contribution in [2.45, 2.75) is 39.4 Å². The SMILES string of the molecule is CCOC(=O)C=Cc1ccc(C(=O)C[C@H]2O[C@H](c3cccc(OC)c3OC)c3cc(Cl)ccc3N(CC(C)(C)CO)C2=O)cc1. The standard InChI is InChI=1S/C35H38ClNO8/c1-6-44-31(40)17-12-22-10-13-23(14-11-22)28(39)19-30-34(41)37(20-35(2,3)21-38)27-16-15-24(36)18-26(27)32(45-30)25-8-7-9-29(42-4)33(25)43-5/h7-18,30,32,38H,6,19-21H2,1-5H3/t30-,32-/m1/s1. The summed E-state index contributed by atoms with van der Waals surface area (Å²) in [5.41, 5.74) is 2.16. The first-order chi connectivity index (χ1) is 21.5. The Bertz CT molecular complexity index is 1570. The zero-order valence-corrected chi connectivity index (χ0v) is 26.8. The minimum Gasteiger partial charge on any atom is -0.493 e. The zero-order valence-electron chi connectivity index (χ0n) is 26.0. The maximum Gasteiger partial charge on any atom is 0.330 e. The number of anilines is 1. The highest BCUT2D eigenvalue weighted by Gasteiger charge is 2.40. The molecule has 1 aliphatic heterocycles. The second-order valence-corrected chi connectivity index (χ2v) is 11.8. The number of aliphatic hydroxyl groups is 1. The topological polar surface area (TPSA) is 112 Å². The van der Waals surface area contributed by atoms with Crippen LogP contribution in [0.25, 0.3) is 6.08 Å². The normalized spacial score (nSPS) is 16.7. The summed E-state index contributed by atoms with van der Waals surface area (Å²) >= 11 is 6.49. The number of benzene rings is 3. The van der Waals surface area contributed by atoms with Crippen molar-refractivity contribution >= 4 is 41.0 Å². The minimum absolute atomic E-state index is 0.161. The van der Waals surface area contributed by atoms with Crippen LogP contribution in [-0.2, 0) is 19.1 Å². The van der Waals surface area contributed by atoms with E-state index < -0.39 is 29.5 Å². The molecule has 4 rings (SSSR count). The number of amides is 1. The van der Waals surface area contributed by atoms with Gasteiger partial charge in [0.25, 0.3) is 5.91 Å². The number of rotatable bonds is 12. The van der Waals surface area contributed by atoms with E-state index in [1.54, 1.807) is 72.5 Å². The van der Waals surface area contributed by atoms with Crippen molar-refractivity contribution in [1.29, 1.82) is 0 Å². The minimum atomic E-state index is -1.19. The van der Waals surface area contributed by atoms with Crippen LogP contribution in [0.4, 0.5) is 5.69 Å². The van der Waals surface area contributed by atoms with Crippen molar-refractivity contribution in [1.82, 2.24) is 0 Å². The molecule has 238 valence electrons. The molecule has 0 fully saturated rings. The van der Waals surface area contributed by atoms with Gasteiger partial charge in [0.05, 0.1) is 20.8 Å². The number of esters is 1. The van der Waals surface area contributed by atoms with Crippen LogP contribution < -0.4 is 14.4 Å². The molecule has 3 aromatic rings. The second kappa shape index (κ2) is 14.7. The van der Waals surface area contributed by atoms with Crippen LogP contribution in [0.5, 0.6) is 11.5 Å². The fourth-order valence-electron chi connectivity index (χ4n) is 5.13. The molecule has 0 unspecified atom stereocenters. The van der Waals surface area contributed by atoms with E-state index in [1.165, 1.54) is 20.3 Å². The predicted octanol–water partition coefficient (Wildman–Crippen LogP) is 6.05. The van der Waals surface area contributed by atoms with Gasteiger partial charge in [0.2, 0.25) is 0 Å². The van der Waals surface area contributed by atoms with E-state index in [-0.39, 0.29) is 32.0 Å². The van der Waals surface area contributed by atoms with Gasteiger partial charge >= 0.3 is 5.97 Å². The fourth-order valence-corrected chi connectivity index (χ4v) is 5.31. The number of ether oxygens (including phenoxy) is 4. The quantitative estimate of drug-likeness (QED) is 0.146. The van der Waals surface area contributed by atoms with Gasteiger partial charge in [-0.1, -0.05) is 61.8 Å². The molecule has 3 aromatic carbocycles. The Kier molecular flexibility index (Phi) is 11.0. The van der Waals surface area contributed by atoms with Crippen LogP contribution in [0.2, 0.25) is 5.02 Å². The molecule has 9 nitrogen and oxygen atoms in total. The first-order valence-corrected chi connectivity index (χ1v) is 15.0. The van der Waals surface area contributed by atoms with Gasteiger partial charge in [-0.3, -0.25) is 9.59 Å². The zero-order chi connectivity index (χ0) is 32.7. The molecule has 1 heterocycles. The summed E-state index contributed by atoms with van der Waals surface area (Å²) < 4.78 is 22.8. The highest BCUT2D eigenvalue weighted by molar-refractivity contribution is 6.30. The lowest BCUT2D eigenvalue weighted by Gasteiger charge is -2.32. The van der Waals surface area contributed by atoms with Gasteiger partial charge < -0.3 is 29.0 Å². The monoisotopic (exact) mass is 635 g/mol. The highest BCUT2D eigenvalue weighted by atomic mass is 35.5. The molecule has 0 saturated heterocycles. The largest absolute Gasteiger partial charge is 0.493 e. The number of para-hydroxylation sites is 1. The van der Waals surface area contributed by atoms with E-state index in [0.29, 0.717) is 44.5 Å². The first kappa shape index (κ1) is 33.7. The predicted molar refractivity (Wildman–Crippen MR) is 172 cm³/mol. The summed E-state index contributed by atoms with van der Waals surface area (Å²) in [4.78, 5) is 41.1. The van der Waals surface area contributed by atoms with E-state index >= 15 is 0 Å². The summed E-state index contributed by atoms with van der Waals surface area (Å²) in [5, 5.41) is 10.5. The number of halogens is 1. The molecule has 0 radical (unpaired) electrons. The summed E-state index contributed by atoms with van der Waals surface area (Å²) in [6, 6.07) is 17.2. The molecule has 1 amide bonds. The molecular weight excluding hydrogens is 598 g/mol. The molecule has 0 saturated carbocycles. The molecule has 45 heavy (non-hydrogen) atoms. The van der Waals surface area contributed by atoms with Crippen LogP contribution in [0.15, 0.2) is 66.7 Å². The first-order valence-electron chi connectivity index (χ1n) is 14.6. The van der Waals surface area contributed by atoms with Crippen LogP contribution in [-0.4, -0.2) is 62.8 Å². The van der Waals surface area contributed by atoms with Gasteiger partial charge in [-0.05, 0) is 42.8 Å². The van der Waals surface area contributed by atoms with E-state index in [2.05, 4.69) is 0 Å². The Hall–Kier alpha value is -4.18. The molecule has 0 bridgehead atoms. The van der Waals surface area contributed by atoms with Crippen molar-refractivity contribution in [3.8, 4) is 11.5 Å². The van der Waals surface area contributed by atoms with Gasteiger partial charge in [-0.15, -0.1) is 0 Å². The fraction of sp³-hybridized carbons (Fsp3) is 0.343. The van der Waals surface area contributed by atoms with E-state index in [0.717, 1.165) is 0 Å². The number of carbonyl (C=O) groups is 3. The molecule has 2 atom stereocenters. The highest BCUT2D eigenvalue weighted by Crippen LogP contribution is 2.45. The van der Waals surface area contributed by atoms with Crippen molar-refractivity contribution in [3.05, 3.63) is 94.0 Å². The van der Waals surface area contributed by atoms with Gasteiger partial charge in [-0.2, -0.15) is 0 Å². The van der Waals surface area contributed by atoms with Crippen LogP contribution in [0.3, 0.4) is 0 Å². The average Bonchev–Trinajstić information content (AvgIpc) is 3.13. The number of methoxy groups -OCH3 is 2. The van der Waals surface area contributed by atoms with Gasteiger partial charge in [0.15, 0.2) is 17.3 Å². The third kappa shape index (κ3) is 7.92. The number of ketones is 1. The maximum absolute atomic E-state index is 14.3. The Labute approximate surface area is 268 Å². The number of aliphatic hydroxyl groups excluding tert-OH is 1. The van der Waals surface area contributed by atoms with E-state index in [9.17, 15) is 19.5 Å². The van der Waals surface area contributed by atoms with Crippen molar-refractivity contribution < 1.29 is 38.4 Å². The third-order valence-electron chi connectivity index (χ3n) is 7.44. The number of Topliss-reactive ketones (excluding diaryl/α,β-unsaturated/α-hetero) is 1. The summed E-state index contributed by atoms with van der Waals surface area (Å²) in [6.45, 7) is 5.69. The molecule has 1 aliphatic rings. The summed E-state index contributed by atoms with van der Waals surface area (Å²) in [7, 11) is 3.05. The van der Waals surface area contributed by atoms with Gasteiger partial charge in [-0.25, -0.2) is 4.79 Å². The molecule has 0 spiro atoms. The van der Waals surface area contributed by atoms with Crippen molar-refractivity contribution in [2.24, 2.45) is 5.41 Å². The molecule has 0 aliphatic carbocycles. The van der Waals surface area contributed by atoms with E-state index in [1.807, 2.05) is 19.9 Å². The number of nitrogens with zero attached hydrogens (tertiary/aromatic N) is 1. The second-order valence-electron chi connectivity index (χ2n) is 11.4. The number of fused-ring (bicyclic) bond motifs is 1. The van der Waals surface area contributed by atoms with Crippen LogP contribution >= 0.6 is 11.6 Å². The van der Waals surface area contributed by atoms with Crippen LogP contribution in [0, 0.1) is 5.41 Å². The van der Waals surface area contributed by atoms with Crippen molar-refractivity contribution in [2.75, 3.05) is 38.9 Å². The Morgan fingerprint density at radius 2 is 1.78 bits per heavy atom. The third-order valence-corrected chi connectivity index (χ3v) is 7.67. The Balaban J connectivity index is 1.76. The maximum atomic E-state index is 14.3.